The van der Waals surface area contributed by atoms with Crippen molar-refractivity contribution in [3.8, 4) is 0 Å². The van der Waals surface area contributed by atoms with Crippen molar-refractivity contribution in [1.82, 2.24) is 30.4 Å². The summed E-state index contributed by atoms with van der Waals surface area (Å²) in [6, 6.07) is 16.1. The molecule has 7 nitrogen and oxygen atoms in total. The molecular weight excluding hydrogens is 338 g/mol. The summed E-state index contributed by atoms with van der Waals surface area (Å²) in [5.74, 6) is 1.75. The van der Waals surface area contributed by atoms with E-state index >= 15 is 0 Å². The third-order valence-corrected chi connectivity index (χ3v) is 4.08. The molecule has 0 unspecified atom stereocenters. The highest BCUT2D eigenvalue weighted by atomic mass is 15.3. The highest BCUT2D eigenvalue weighted by Crippen LogP contribution is 2.00. The smallest absolute Gasteiger partial charge is 0.191 e. The van der Waals surface area contributed by atoms with E-state index in [0.717, 1.165) is 37.0 Å². The molecule has 3 rings (SSSR count). The van der Waals surface area contributed by atoms with Crippen LogP contribution in [-0.2, 0) is 26.1 Å². The van der Waals surface area contributed by atoms with Gasteiger partial charge in [-0.05, 0) is 17.7 Å². The molecule has 0 aliphatic carbocycles. The van der Waals surface area contributed by atoms with E-state index in [1.807, 2.05) is 36.4 Å². The third kappa shape index (κ3) is 5.91. The van der Waals surface area contributed by atoms with Crippen molar-refractivity contribution < 1.29 is 0 Å². The van der Waals surface area contributed by atoms with Crippen LogP contribution in [0.1, 0.15) is 24.0 Å². The largest absolute Gasteiger partial charge is 0.355 e. The molecule has 3 aromatic rings. The molecule has 0 fully saturated rings. The molecule has 0 radical (unpaired) electrons. The minimum absolute atomic E-state index is 0.616. The van der Waals surface area contributed by atoms with Crippen LogP contribution in [-0.4, -0.2) is 32.3 Å². The van der Waals surface area contributed by atoms with E-state index in [2.05, 4.69) is 49.4 Å². The highest BCUT2D eigenvalue weighted by Gasteiger charge is 2.03. The van der Waals surface area contributed by atoms with Crippen LogP contribution in [0.5, 0.6) is 0 Å². The second kappa shape index (κ2) is 10.1. The summed E-state index contributed by atoms with van der Waals surface area (Å²) in [5, 5.41) is 14.8. The number of aryl methyl sites for hydroxylation is 1. The lowest BCUT2D eigenvalue weighted by molar-refractivity contribution is 0.631. The molecule has 2 heterocycles. The van der Waals surface area contributed by atoms with Crippen molar-refractivity contribution in [3.63, 3.8) is 0 Å². The first kappa shape index (κ1) is 18.6. The van der Waals surface area contributed by atoms with Gasteiger partial charge in [0.25, 0.3) is 0 Å². The molecule has 0 aliphatic heterocycles. The van der Waals surface area contributed by atoms with Gasteiger partial charge in [0.1, 0.15) is 12.2 Å². The molecule has 140 valence electrons. The topological polar surface area (TPSA) is 80.0 Å². The third-order valence-electron chi connectivity index (χ3n) is 4.08. The first-order chi connectivity index (χ1) is 13.3. The summed E-state index contributed by atoms with van der Waals surface area (Å²) in [4.78, 5) is 9.04. The average molecular weight is 363 g/mol. The van der Waals surface area contributed by atoms with E-state index in [9.17, 15) is 0 Å². The number of pyridine rings is 1. The van der Waals surface area contributed by atoms with Crippen LogP contribution in [0.3, 0.4) is 0 Å². The minimum Gasteiger partial charge on any atom is -0.355 e. The summed E-state index contributed by atoms with van der Waals surface area (Å²) < 4.78 is 2.06. The molecule has 0 saturated carbocycles. The zero-order chi connectivity index (χ0) is 18.7. The fourth-order valence-corrected chi connectivity index (χ4v) is 2.64. The monoisotopic (exact) mass is 363 g/mol. The Hall–Kier alpha value is -3.22. The molecular formula is C20H25N7. The van der Waals surface area contributed by atoms with Crippen molar-refractivity contribution in [2.75, 3.05) is 6.54 Å². The molecule has 2 aromatic heterocycles. The van der Waals surface area contributed by atoms with E-state index < -0.39 is 0 Å². The zero-order valence-electron chi connectivity index (χ0n) is 15.5. The highest BCUT2D eigenvalue weighted by molar-refractivity contribution is 5.79. The summed E-state index contributed by atoms with van der Waals surface area (Å²) in [6.07, 6.45) is 4.43. The molecule has 27 heavy (non-hydrogen) atoms. The summed E-state index contributed by atoms with van der Waals surface area (Å²) in [5.41, 5.74) is 2.14. The predicted molar refractivity (Wildman–Crippen MR) is 106 cm³/mol. The van der Waals surface area contributed by atoms with Crippen molar-refractivity contribution >= 4 is 5.96 Å². The lowest BCUT2D eigenvalue weighted by atomic mass is 10.2. The molecule has 0 aliphatic rings. The quantitative estimate of drug-likeness (QED) is 0.474. The number of aliphatic imine (C=N–C) groups is 1. The van der Waals surface area contributed by atoms with E-state index in [-0.39, 0.29) is 0 Å². The predicted octanol–water partition coefficient (Wildman–Crippen LogP) is 2.17. The molecule has 0 saturated heterocycles. The molecule has 1 aromatic carbocycles. The number of guanidine groups is 1. The minimum atomic E-state index is 0.616. The lowest BCUT2D eigenvalue weighted by Gasteiger charge is -2.13. The van der Waals surface area contributed by atoms with Gasteiger partial charge in [-0.25, -0.2) is 4.99 Å². The molecule has 0 atom stereocenters. The Morgan fingerprint density at radius 1 is 1.07 bits per heavy atom. The SMILES string of the molecule is CCc1nncn1CCNC(=NCc1ccccc1)NCc1ccccn1. The number of rotatable bonds is 8. The van der Waals surface area contributed by atoms with E-state index in [4.69, 9.17) is 4.99 Å². The van der Waals surface area contributed by atoms with Crippen LogP contribution < -0.4 is 10.6 Å². The van der Waals surface area contributed by atoms with Crippen LogP contribution in [0.2, 0.25) is 0 Å². The van der Waals surface area contributed by atoms with Gasteiger partial charge >= 0.3 is 0 Å². The number of nitrogens with one attached hydrogen (secondary N) is 2. The Bertz CT molecular complexity index is 828. The van der Waals surface area contributed by atoms with Gasteiger partial charge in [-0.2, -0.15) is 0 Å². The summed E-state index contributed by atoms with van der Waals surface area (Å²) >= 11 is 0. The summed E-state index contributed by atoms with van der Waals surface area (Å²) in [6.45, 7) is 4.83. The Balaban J connectivity index is 1.59. The molecule has 0 spiro atoms. The van der Waals surface area contributed by atoms with Gasteiger partial charge in [0.2, 0.25) is 0 Å². The van der Waals surface area contributed by atoms with Crippen molar-refractivity contribution in [3.05, 3.63) is 78.1 Å². The molecule has 0 amide bonds. The Morgan fingerprint density at radius 2 is 1.93 bits per heavy atom. The number of hydrogen-bond acceptors (Lipinski definition) is 4. The number of hydrogen-bond donors (Lipinski definition) is 2. The van der Waals surface area contributed by atoms with Crippen molar-refractivity contribution in [2.45, 2.75) is 33.0 Å². The Kier molecular flexibility index (Phi) is 6.92. The average Bonchev–Trinajstić information content (AvgIpc) is 3.18. The second-order valence-corrected chi connectivity index (χ2v) is 6.05. The van der Waals surface area contributed by atoms with E-state index in [0.29, 0.717) is 13.1 Å². The van der Waals surface area contributed by atoms with Gasteiger partial charge in [-0.1, -0.05) is 43.3 Å². The number of benzene rings is 1. The van der Waals surface area contributed by atoms with Crippen LogP contribution >= 0.6 is 0 Å². The fraction of sp³-hybridized carbons (Fsp3) is 0.300. The standard InChI is InChI=1S/C20H25N7/c1-2-19-26-25-16-27(19)13-12-22-20(23-14-17-8-4-3-5-9-17)24-15-18-10-6-7-11-21-18/h3-11,16H,2,12-15H2,1H3,(H2,22,23,24). The van der Waals surface area contributed by atoms with Crippen LogP contribution in [0.15, 0.2) is 66.0 Å². The maximum absolute atomic E-state index is 4.70. The maximum Gasteiger partial charge on any atom is 0.191 e. The zero-order valence-corrected chi connectivity index (χ0v) is 15.5. The first-order valence-electron chi connectivity index (χ1n) is 9.18. The van der Waals surface area contributed by atoms with Gasteiger partial charge in [0.05, 0.1) is 18.8 Å². The van der Waals surface area contributed by atoms with E-state index in [1.165, 1.54) is 5.56 Å². The van der Waals surface area contributed by atoms with Gasteiger partial charge in [-0.15, -0.1) is 10.2 Å². The van der Waals surface area contributed by atoms with Crippen molar-refractivity contribution in [1.29, 1.82) is 0 Å². The molecule has 2 N–H and O–H groups in total. The molecule has 7 heteroatoms. The van der Waals surface area contributed by atoms with Crippen LogP contribution in [0.4, 0.5) is 0 Å². The van der Waals surface area contributed by atoms with Gasteiger partial charge < -0.3 is 15.2 Å². The van der Waals surface area contributed by atoms with Crippen molar-refractivity contribution in [2.24, 2.45) is 4.99 Å². The normalized spacial score (nSPS) is 11.4. The van der Waals surface area contributed by atoms with Gasteiger partial charge in [-0.3, -0.25) is 4.98 Å². The Labute approximate surface area is 159 Å². The first-order valence-corrected chi connectivity index (χ1v) is 9.18. The van der Waals surface area contributed by atoms with Crippen LogP contribution in [0, 0.1) is 0 Å². The van der Waals surface area contributed by atoms with Gasteiger partial charge in [0, 0.05) is 25.7 Å². The maximum atomic E-state index is 4.70. The number of aromatic nitrogens is 4. The fourth-order valence-electron chi connectivity index (χ4n) is 2.64. The number of nitrogens with zero attached hydrogens (tertiary/aromatic N) is 5. The second-order valence-electron chi connectivity index (χ2n) is 6.05. The van der Waals surface area contributed by atoms with Gasteiger partial charge in [0.15, 0.2) is 5.96 Å². The van der Waals surface area contributed by atoms with E-state index in [1.54, 1.807) is 12.5 Å². The Morgan fingerprint density at radius 3 is 2.70 bits per heavy atom. The summed E-state index contributed by atoms with van der Waals surface area (Å²) in [7, 11) is 0. The molecule has 0 bridgehead atoms. The van der Waals surface area contributed by atoms with Crippen LogP contribution in [0.25, 0.3) is 0 Å². The lowest BCUT2D eigenvalue weighted by Crippen LogP contribution is -2.38.